The average molecular weight is 396 g/mol. The van der Waals surface area contributed by atoms with Gasteiger partial charge in [-0.2, -0.15) is 10.3 Å². The van der Waals surface area contributed by atoms with Crippen molar-refractivity contribution in [2.24, 2.45) is 10.8 Å². The lowest BCUT2D eigenvalue weighted by Gasteiger charge is -2.25. The molecular formula is C20H32N2O6. The van der Waals surface area contributed by atoms with E-state index in [0.29, 0.717) is 37.8 Å². The quantitative estimate of drug-likeness (QED) is 0.563. The molecule has 8 nitrogen and oxygen atoms in total. The predicted molar refractivity (Wildman–Crippen MR) is 104 cm³/mol. The van der Waals surface area contributed by atoms with Gasteiger partial charge in [0, 0.05) is 25.2 Å². The summed E-state index contributed by atoms with van der Waals surface area (Å²) in [6.45, 7) is 12.0. The van der Waals surface area contributed by atoms with E-state index in [0.717, 1.165) is 12.8 Å². The normalized spacial score (nSPS) is 13.8. The lowest BCUT2D eigenvalue weighted by molar-refractivity contribution is -0.0273. The number of aromatic amines is 2. The summed E-state index contributed by atoms with van der Waals surface area (Å²) in [7, 11) is 0. The first-order valence-corrected chi connectivity index (χ1v) is 9.59. The number of hydrogen-bond acceptors (Lipinski definition) is 6. The van der Waals surface area contributed by atoms with Crippen LogP contribution in [0.2, 0.25) is 0 Å². The molecule has 2 aromatic heterocycles. The van der Waals surface area contributed by atoms with Crippen LogP contribution in [0.15, 0.2) is 30.8 Å². The molecule has 2 rings (SSSR count). The van der Waals surface area contributed by atoms with Crippen LogP contribution in [0, 0.1) is 10.8 Å². The lowest BCUT2D eigenvalue weighted by atomic mass is 9.85. The number of rotatable bonds is 11. The van der Waals surface area contributed by atoms with Crippen molar-refractivity contribution in [1.82, 2.24) is 10.3 Å². The van der Waals surface area contributed by atoms with Gasteiger partial charge in [0.05, 0.1) is 13.2 Å². The van der Waals surface area contributed by atoms with Gasteiger partial charge >= 0.3 is 0 Å². The van der Waals surface area contributed by atoms with E-state index in [1.165, 1.54) is 12.1 Å². The average Bonchev–Trinajstić information content (AvgIpc) is 3.16. The van der Waals surface area contributed by atoms with Gasteiger partial charge in [0.2, 0.25) is 0 Å². The van der Waals surface area contributed by atoms with Crippen LogP contribution < -0.4 is 11.1 Å². The molecule has 2 N–H and O–H groups in total. The van der Waals surface area contributed by atoms with Gasteiger partial charge in [-0.15, -0.1) is 0 Å². The second-order valence-corrected chi connectivity index (χ2v) is 9.12. The van der Waals surface area contributed by atoms with Gasteiger partial charge in [-0.3, -0.25) is 9.59 Å². The van der Waals surface area contributed by atoms with Crippen molar-refractivity contribution in [3.05, 3.63) is 44.4 Å². The van der Waals surface area contributed by atoms with E-state index >= 15 is 0 Å². The van der Waals surface area contributed by atoms with Gasteiger partial charge in [0.25, 0.3) is 11.1 Å². The smallest absolute Gasteiger partial charge is 0.280 e. The first-order chi connectivity index (χ1) is 13.0. The number of aromatic nitrogens is 2. The SMILES string of the molecule is CC(C)(C)CC(OCCOCCC(C)(C)Cc1cc(=O)[nH]o1)c1cc(=O)[nH]o1. The van der Waals surface area contributed by atoms with E-state index in [4.69, 9.17) is 18.5 Å². The van der Waals surface area contributed by atoms with E-state index in [1.54, 1.807) is 0 Å². The Morgan fingerprint density at radius 2 is 1.64 bits per heavy atom. The van der Waals surface area contributed by atoms with Crippen LogP contribution in [0.4, 0.5) is 0 Å². The summed E-state index contributed by atoms with van der Waals surface area (Å²) in [6.07, 6.45) is 1.91. The highest BCUT2D eigenvalue weighted by Gasteiger charge is 2.24. The van der Waals surface area contributed by atoms with Crippen LogP contribution in [-0.4, -0.2) is 30.1 Å². The summed E-state index contributed by atoms with van der Waals surface area (Å²) in [5, 5.41) is 4.62. The monoisotopic (exact) mass is 396 g/mol. The molecule has 0 bridgehead atoms. The minimum atomic E-state index is -0.296. The number of H-pyrrole nitrogens is 2. The molecule has 1 atom stereocenters. The molecule has 8 heteroatoms. The second kappa shape index (κ2) is 9.43. The Morgan fingerprint density at radius 3 is 2.21 bits per heavy atom. The molecule has 28 heavy (non-hydrogen) atoms. The van der Waals surface area contributed by atoms with Crippen molar-refractivity contribution in [2.45, 2.75) is 60.0 Å². The molecule has 0 aliphatic heterocycles. The first kappa shape index (κ1) is 22.2. The zero-order valence-corrected chi connectivity index (χ0v) is 17.4. The molecule has 0 saturated carbocycles. The molecule has 2 heterocycles. The molecule has 0 spiro atoms. The fourth-order valence-electron chi connectivity index (χ4n) is 2.92. The van der Waals surface area contributed by atoms with Gasteiger partial charge in [-0.05, 0) is 23.7 Å². The molecule has 0 fully saturated rings. The van der Waals surface area contributed by atoms with Crippen molar-refractivity contribution in [3.8, 4) is 0 Å². The van der Waals surface area contributed by atoms with Crippen LogP contribution in [-0.2, 0) is 15.9 Å². The van der Waals surface area contributed by atoms with Gasteiger partial charge < -0.3 is 18.5 Å². The molecule has 0 aromatic carbocycles. The Morgan fingerprint density at radius 1 is 0.964 bits per heavy atom. The second-order valence-electron chi connectivity index (χ2n) is 9.12. The standard InChI is InChI=1S/C20H32N2O6/c1-19(2,3)13-16(15-11-18(24)22-28-15)26-9-8-25-7-6-20(4,5)12-14-10-17(23)21-27-14/h10-11,16H,6-9,12-13H2,1-5H3,(H,21,23)(H,22,24). The fourth-order valence-corrected chi connectivity index (χ4v) is 2.92. The number of hydrogen-bond donors (Lipinski definition) is 2. The van der Waals surface area contributed by atoms with Crippen molar-refractivity contribution in [1.29, 1.82) is 0 Å². The van der Waals surface area contributed by atoms with Gasteiger partial charge in [-0.25, -0.2) is 0 Å². The zero-order chi connectivity index (χ0) is 20.8. The highest BCUT2D eigenvalue weighted by atomic mass is 16.5. The van der Waals surface area contributed by atoms with Crippen LogP contribution in [0.5, 0.6) is 0 Å². The van der Waals surface area contributed by atoms with Gasteiger partial charge in [0.1, 0.15) is 11.9 Å². The first-order valence-electron chi connectivity index (χ1n) is 9.59. The van der Waals surface area contributed by atoms with E-state index in [2.05, 4.69) is 44.9 Å². The minimum Gasteiger partial charge on any atom is -0.384 e. The summed E-state index contributed by atoms with van der Waals surface area (Å²) in [6, 6.07) is 2.91. The number of nitrogens with one attached hydrogen (secondary N) is 2. The molecule has 158 valence electrons. The molecule has 0 saturated heterocycles. The molecular weight excluding hydrogens is 364 g/mol. The Bertz CT molecular complexity index is 820. The molecule has 2 aromatic rings. The summed E-state index contributed by atoms with van der Waals surface area (Å²) in [5.41, 5.74) is -0.516. The highest BCUT2D eigenvalue weighted by Crippen LogP contribution is 2.31. The van der Waals surface area contributed by atoms with E-state index < -0.39 is 0 Å². The third-order valence-corrected chi connectivity index (χ3v) is 4.36. The van der Waals surface area contributed by atoms with Crippen LogP contribution in [0.1, 0.15) is 65.1 Å². The topological polar surface area (TPSA) is 110 Å². The third kappa shape index (κ3) is 7.90. The van der Waals surface area contributed by atoms with Gasteiger partial charge in [-0.1, -0.05) is 34.6 Å². The molecule has 0 amide bonds. The van der Waals surface area contributed by atoms with Crippen molar-refractivity contribution in [3.63, 3.8) is 0 Å². The zero-order valence-electron chi connectivity index (χ0n) is 17.4. The lowest BCUT2D eigenvalue weighted by Crippen LogP contribution is -2.19. The Hall–Kier alpha value is -2.06. The van der Waals surface area contributed by atoms with E-state index in [9.17, 15) is 9.59 Å². The van der Waals surface area contributed by atoms with Crippen molar-refractivity contribution < 1.29 is 18.5 Å². The summed E-state index contributed by atoms with van der Waals surface area (Å²) >= 11 is 0. The van der Waals surface area contributed by atoms with E-state index in [1.807, 2.05) is 0 Å². The maximum Gasteiger partial charge on any atom is 0.280 e. The molecule has 0 radical (unpaired) electrons. The minimum absolute atomic E-state index is 0.0264. The predicted octanol–water partition coefficient (Wildman–Crippen LogP) is 3.42. The largest absolute Gasteiger partial charge is 0.384 e. The Balaban J connectivity index is 1.72. The molecule has 1 unspecified atom stereocenters. The van der Waals surface area contributed by atoms with Crippen molar-refractivity contribution in [2.75, 3.05) is 19.8 Å². The molecule has 0 aliphatic carbocycles. The Kier molecular flexibility index (Phi) is 7.48. The maximum absolute atomic E-state index is 11.3. The highest BCUT2D eigenvalue weighted by molar-refractivity contribution is 5.00. The summed E-state index contributed by atoms with van der Waals surface area (Å²) in [5.74, 6) is 1.16. The van der Waals surface area contributed by atoms with E-state index in [-0.39, 0.29) is 28.1 Å². The van der Waals surface area contributed by atoms with Crippen LogP contribution in [0.3, 0.4) is 0 Å². The maximum atomic E-state index is 11.3. The van der Waals surface area contributed by atoms with Gasteiger partial charge in [0.15, 0.2) is 5.76 Å². The van der Waals surface area contributed by atoms with Crippen LogP contribution in [0.25, 0.3) is 0 Å². The molecule has 0 aliphatic rings. The Labute approximate surface area is 164 Å². The fraction of sp³-hybridized carbons (Fsp3) is 0.700. The van der Waals surface area contributed by atoms with Crippen molar-refractivity contribution >= 4 is 0 Å². The summed E-state index contributed by atoms with van der Waals surface area (Å²) in [4.78, 5) is 22.5. The summed E-state index contributed by atoms with van der Waals surface area (Å²) < 4.78 is 22.0. The van der Waals surface area contributed by atoms with Crippen LogP contribution >= 0.6 is 0 Å². The number of ether oxygens (including phenoxy) is 2. The third-order valence-electron chi connectivity index (χ3n) is 4.36.